The van der Waals surface area contributed by atoms with Crippen LogP contribution in [-0.4, -0.2) is 38.0 Å². The van der Waals surface area contributed by atoms with Crippen molar-refractivity contribution in [1.82, 2.24) is 9.97 Å². The van der Waals surface area contributed by atoms with Gasteiger partial charge in [0.25, 0.3) is 0 Å². The summed E-state index contributed by atoms with van der Waals surface area (Å²) in [5.74, 6) is -1.13. The average Bonchev–Trinajstić information content (AvgIpc) is 3.20. The van der Waals surface area contributed by atoms with Gasteiger partial charge in [-0.2, -0.15) is 0 Å². The number of aliphatic hydroxyl groups is 1. The molecular weight excluding hydrogens is 731 g/mol. The fourth-order valence-corrected chi connectivity index (χ4v) is 4.84. The molecule has 2 aromatic carbocycles. The molecule has 0 radical (unpaired) electrons. The number of aliphatic carboxylic acids is 1. The smallest absolute Gasteiger partial charge is 0.328 e. The maximum atomic E-state index is 13.3. The summed E-state index contributed by atoms with van der Waals surface area (Å²) in [4.78, 5) is 30.6. The lowest BCUT2D eigenvalue weighted by molar-refractivity contribution is -0.131. The van der Waals surface area contributed by atoms with Crippen molar-refractivity contribution in [1.29, 1.82) is 0 Å². The minimum absolute atomic E-state index is 0.122. The number of ketones is 1. The van der Waals surface area contributed by atoms with Gasteiger partial charge >= 0.3 is 5.97 Å². The normalized spacial score (nSPS) is 13.3. The van der Waals surface area contributed by atoms with E-state index in [9.17, 15) is 18.4 Å². The minimum Gasteiger partial charge on any atom is -0.478 e. The van der Waals surface area contributed by atoms with Crippen LogP contribution in [0.2, 0.25) is 0 Å². The van der Waals surface area contributed by atoms with E-state index in [1.165, 1.54) is 24.3 Å². The molecule has 0 saturated heterocycles. The van der Waals surface area contributed by atoms with E-state index in [-0.39, 0.29) is 23.3 Å². The van der Waals surface area contributed by atoms with Gasteiger partial charge in [0.15, 0.2) is 5.78 Å². The molecule has 2 heterocycles. The second kappa shape index (κ2) is 27.3. The molecule has 302 valence electrons. The van der Waals surface area contributed by atoms with E-state index in [0.717, 1.165) is 57.3 Å². The number of benzene rings is 2. The van der Waals surface area contributed by atoms with Gasteiger partial charge in [-0.1, -0.05) is 122 Å². The Kier molecular flexibility index (Phi) is 22.5. The van der Waals surface area contributed by atoms with Gasteiger partial charge < -0.3 is 10.2 Å². The van der Waals surface area contributed by atoms with Crippen molar-refractivity contribution in [2.45, 2.75) is 60.5 Å². The molecular formula is C50H54F2N2O4. The van der Waals surface area contributed by atoms with Gasteiger partial charge in [-0.25, -0.2) is 13.6 Å². The number of carboxylic acid groups (broad SMARTS) is 1. The Morgan fingerprint density at radius 3 is 1.64 bits per heavy atom. The monoisotopic (exact) mass is 784 g/mol. The number of carbonyl (C=O) groups excluding carboxylic acids is 1. The van der Waals surface area contributed by atoms with Crippen LogP contribution in [0.4, 0.5) is 8.78 Å². The summed E-state index contributed by atoms with van der Waals surface area (Å²) in [6.45, 7) is 11.5. The van der Waals surface area contributed by atoms with Gasteiger partial charge in [0, 0.05) is 36.0 Å². The van der Waals surface area contributed by atoms with Crippen molar-refractivity contribution in [2.75, 3.05) is 0 Å². The van der Waals surface area contributed by atoms with Crippen LogP contribution in [-0.2, 0) is 9.59 Å². The number of halogens is 2. The molecule has 4 rings (SSSR count). The number of pyridine rings is 2. The van der Waals surface area contributed by atoms with E-state index in [4.69, 9.17) is 10.2 Å². The summed E-state index contributed by atoms with van der Waals surface area (Å²) in [5, 5.41) is 17.3. The topological polar surface area (TPSA) is 100 Å². The van der Waals surface area contributed by atoms with Crippen LogP contribution >= 0.6 is 0 Å². The molecule has 0 fully saturated rings. The zero-order valence-electron chi connectivity index (χ0n) is 34.1. The number of rotatable bonds is 15. The van der Waals surface area contributed by atoms with Gasteiger partial charge in [0.1, 0.15) is 11.6 Å². The molecule has 0 spiro atoms. The lowest BCUT2D eigenvalue weighted by atomic mass is 10.0. The van der Waals surface area contributed by atoms with E-state index < -0.39 is 12.1 Å². The molecule has 2 atom stereocenters. The summed E-state index contributed by atoms with van der Waals surface area (Å²) in [6.07, 6.45) is 29.4. The van der Waals surface area contributed by atoms with Crippen LogP contribution in [0.5, 0.6) is 0 Å². The first-order valence-electron chi connectivity index (χ1n) is 19.0. The lowest BCUT2D eigenvalue weighted by Gasteiger charge is -2.02. The Morgan fingerprint density at radius 2 is 1.21 bits per heavy atom. The first-order chi connectivity index (χ1) is 27.8. The Morgan fingerprint density at radius 1 is 0.690 bits per heavy atom. The molecule has 0 aliphatic carbocycles. The van der Waals surface area contributed by atoms with Crippen molar-refractivity contribution in [3.63, 3.8) is 0 Å². The van der Waals surface area contributed by atoms with Crippen LogP contribution in [0, 0.1) is 17.6 Å². The Bertz CT molecular complexity index is 2120. The standard InChI is InChI=1S/C25H26FNO.C17H16FNO.C8H12O2/c1-4-19(2)12-15-25(28)16-20(3)8-5-6-11-24-14-13-22(18-27-24)21-9-7-10-23(26)17-21;1-13(20)5-2-3-8-17-10-9-15(12-19-17)14-6-4-7-16(18)11-14;1-3-4-7(2)5-6-8(9)10/h4-15,17-18,20H,16H2,1-3H3;2-13,20H,1H3;4-6H,3H2,1-2H3,(H,9,10)/b8-5-,11-6+,15-12+,19-4+;5-2-,8-3+;6-5+,7-4+/t20-;13-;/m11./s1. The van der Waals surface area contributed by atoms with Gasteiger partial charge in [-0.3, -0.25) is 14.8 Å². The van der Waals surface area contributed by atoms with Crippen LogP contribution in [0.25, 0.3) is 34.4 Å². The second-order valence-corrected chi connectivity index (χ2v) is 13.2. The fourth-order valence-electron chi connectivity index (χ4n) is 4.84. The maximum Gasteiger partial charge on any atom is 0.328 e. The zero-order chi connectivity index (χ0) is 42.7. The van der Waals surface area contributed by atoms with Crippen molar-refractivity contribution < 1.29 is 28.6 Å². The van der Waals surface area contributed by atoms with Gasteiger partial charge in [-0.15, -0.1) is 0 Å². The van der Waals surface area contributed by atoms with Gasteiger partial charge in [0.05, 0.1) is 17.5 Å². The molecule has 8 heteroatoms. The molecule has 6 nitrogen and oxygen atoms in total. The highest BCUT2D eigenvalue weighted by Gasteiger charge is 2.03. The highest BCUT2D eigenvalue weighted by molar-refractivity contribution is 5.90. The van der Waals surface area contributed by atoms with Gasteiger partial charge in [-0.05, 0) is 106 Å². The summed E-state index contributed by atoms with van der Waals surface area (Å²) >= 11 is 0. The number of hydrogen-bond donors (Lipinski definition) is 2. The Balaban J connectivity index is 0.000000336. The fraction of sp³-hybridized carbons (Fsp3) is 0.200. The molecule has 0 amide bonds. The summed E-state index contributed by atoms with van der Waals surface area (Å²) in [7, 11) is 0. The molecule has 4 aromatic rings. The van der Waals surface area contributed by atoms with Crippen molar-refractivity contribution >= 4 is 23.9 Å². The molecule has 0 aliphatic heterocycles. The summed E-state index contributed by atoms with van der Waals surface area (Å²) < 4.78 is 26.5. The van der Waals surface area contributed by atoms with Crippen LogP contribution in [0.1, 0.15) is 65.8 Å². The summed E-state index contributed by atoms with van der Waals surface area (Å²) in [6, 6.07) is 20.5. The molecule has 58 heavy (non-hydrogen) atoms. The molecule has 2 N–H and O–H groups in total. The molecule has 0 bridgehead atoms. The van der Waals surface area contributed by atoms with E-state index >= 15 is 0 Å². The highest BCUT2D eigenvalue weighted by Crippen LogP contribution is 2.21. The molecule has 2 aromatic heterocycles. The third kappa shape index (κ3) is 21.1. The highest BCUT2D eigenvalue weighted by atomic mass is 19.1. The van der Waals surface area contributed by atoms with Crippen LogP contribution in [0.15, 0.2) is 169 Å². The van der Waals surface area contributed by atoms with Crippen molar-refractivity contribution in [3.05, 3.63) is 192 Å². The zero-order valence-corrected chi connectivity index (χ0v) is 34.1. The summed E-state index contributed by atoms with van der Waals surface area (Å²) in [5.41, 5.74) is 7.06. The predicted molar refractivity (Wildman–Crippen MR) is 235 cm³/mol. The Hall–Kier alpha value is -6.38. The van der Waals surface area contributed by atoms with E-state index in [2.05, 4.69) is 9.97 Å². The first-order valence-corrected chi connectivity index (χ1v) is 19.0. The first kappa shape index (κ1) is 47.8. The van der Waals surface area contributed by atoms with Crippen LogP contribution < -0.4 is 0 Å². The van der Waals surface area contributed by atoms with E-state index in [1.807, 2.05) is 126 Å². The number of aliphatic hydroxyl groups excluding tert-OH is 1. The third-order valence-electron chi connectivity index (χ3n) is 8.00. The number of aromatic nitrogens is 2. The lowest BCUT2D eigenvalue weighted by Crippen LogP contribution is -1.99. The second-order valence-electron chi connectivity index (χ2n) is 13.2. The molecule has 0 unspecified atom stereocenters. The van der Waals surface area contributed by atoms with Crippen LogP contribution in [0.3, 0.4) is 0 Å². The number of hydrogen-bond acceptors (Lipinski definition) is 5. The largest absolute Gasteiger partial charge is 0.478 e. The number of carboxylic acids is 1. The number of allylic oxidation sites excluding steroid dienone is 12. The maximum absolute atomic E-state index is 13.3. The minimum atomic E-state index is -0.899. The van der Waals surface area contributed by atoms with Crippen molar-refractivity contribution in [3.8, 4) is 22.3 Å². The van der Waals surface area contributed by atoms with Gasteiger partial charge in [0.2, 0.25) is 0 Å². The molecule has 0 saturated carbocycles. The Labute approximate surface area is 342 Å². The third-order valence-corrected chi connectivity index (χ3v) is 8.00. The number of carbonyl (C=O) groups is 2. The average molecular weight is 785 g/mol. The van der Waals surface area contributed by atoms with Crippen molar-refractivity contribution in [2.24, 2.45) is 5.92 Å². The quantitative estimate of drug-likeness (QED) is 0.0920. The van der Waals surface area contributed by atoms with E-state index in [1.54, 1.807) is 55.8 Å². The van der Waals surface area contributed by atoms with E-state index in [0.29, 0.717) is 6.42 Å². The molecule has 0 aliphatic rings. The SMILES string of the molecule is C/C=C(C)/C=C/C(=O)C[C@H](C)/C=C\C=C\c1ccc(-c2cccc(F)c2)cn1.CC/C=C(C)/C=C/C(=O)O.C[C@@H](O)/C=C\C=C\c1ccc(-c2cccc(F)c2)cn1. The number of nitrogens with zero attached hydrogens (tertiary/aromatic N) is 2. The predicted octanol–water partition coefficient (Wildman–Crippen LogP) is 12.4.